The van der Waals surface area contributed by atoms with Gasteiger partial charge in [-0.15, -0.1) is 0 Å². The lowest BCUT2D eigenvalue weighted by Crippen LogP contribution is -2.28. The largest absolute Gasteiger partial charge is 0.378 e. The smallest absolute Gasteiger partial charge is 0.0575 e. The van der Waals surface area contributed by atoms with E-state index < -0.39 is 0 Å². The summed E-state index contributed by atoms with van der Waals surface area (Å²) in [6.07, 6.45) is 16.8. The summed E-state index contributed by atoms with van der Waals surface area (Å²) in [4.78, 5) is 0. The molecule has 0 saturated heterocycles. The Morgan fingerprint density at radius 3 is 2.50 bits per heavy atom. The molecule has 1 atom stereocenters. The first-order chi connectivity index (χ1) is 9.83. The molecule has 0 amide bonds. The molecule has 1 aliphatic rings. The number of ether oxygens (including phenoxy) is 1. The SMILES string of the molecule is CCCCCCCC(C)NCCCOC1CCCCC1. The fourth-order valence-corrected chi connectivity index (χ4v) is 3.06. The summed E-state index contributed by atoms with van der Waals surface area (Å²) in [6.45, 7) is 6.66. The molecule has 1 aliphatic carbocycles. The topological polar surface area (TPSA) is 21.3 Å². The zero-order chi connectivity index (χ0) is 14.5. The fourth-order valence-electron chi connectivity index (χ4n) is 3.06. The van der Waals surface area contributed by atoms with Crippen molar-refractivity contribution < 1.29 is 4.74 Å². The molecular weight excluding hydrogens is 246 g/mol. The van der Waals surface area contributed by atoms with Gasteiger partial charge in [-0.25, -0.2) is 0 Å². The second-order valence-corrected chi connectivity index (χ2v) is 6.54. The van der Waals surface area contributed by atoms with Crippen molar-refractivity contribution in [1.82, 2.24) is 5.32 Å². The van der Waals surface area contributed by atoms with Crippen molar-refractivity contribution >= 4 is 0 Å². The van der Waals surface area contributed by atoms with Gasteiger partial charge in [0.1, 0.15) is 0 Å². The Labute approximate surface area is 127 Å². The highest BCUT2D eigenvalue weighted by Crippen LogP contribution is 2.20. The Morgan fingerprint density at radius 2 is 1.75 bits per heavy atom. The number of hydrogen-bond donors (Lipinski definition) is 1. The highest BCUT2D eigenvalue weighted by atomic mass is 16.5. The predicted molar refractivity (Wildman–Crippen MR) is 88.3 cm³/mol. The predicted octanol–water partition coefficient (Wildman–Crippen LogP) is 5.06. The van der Waals surface area contributed by atoms with Crippen LogP contribution in [-0.2, 0) is 4.74 Å². The summed E-state index contributed by atoms with van der Waals surface area (Å²) in [5, 5.41) is 3.63. The van der Waals surface area contributed by atoms with Crippen LogP contribution < -0.4 is 5.32 Å². The van der Waals surface area contributed by atoms with Gasteiger partial charge in [-0.2, -0.15) is 0 Å². The van der Waals surface area contributed by atoms with Crippen LogP contribution in [0.3, 0.4) is 0 Å². The van der Waals surface area contributed by atoms with Gasteiger partial charge in [-0.05, 0) is 39.2 Å². The Bertz CT molecular complexity index is 202. The Kier molecular flexibility index (Phi) is 11.4. The molecule has 0 aromatic rings. The average Bonchev–Trinajstić information content (AvgIpc) is 2.48. The van der Waals surface area contributed by atoms with Crippen molar-refractivity contribution in [3.63, 3.8) is 0 Å². The van der Waals surface area contributed by atoms with E-state index >= 15 is 0 Å². The fraction of sp³-hybridized carbons (Fsp3) is 1.00. The van der Waals surface area contributed by atoms with Crippen molar-refractivity contribution in [3.05, 3.63) is 0 Å². The van der Waals surface area contributed by atoms with Crippen LogP contribution in [0.5, 0.6) is 0 Å². The molecule has 0 aromatic carbocycles. The van der Waals surface area contributed by atoms with Crippen LogP contribution in [0, 0.1) is 0 Å². The van der Waals surface area contributed by atoms with E-state index in [9.17, 15) is 0 Å². The molecule has 0 heterocycles. The van der Waals surface area contributed by atoms with Crippen molar-refractivity contribution in [2.45, 2.75) is 103 Å². The lowest BCUT2D eigenvalue weighted by atomic mass is 9.98. The van der Waals surface area contributed by atoms with Gasteiger partial charge < -0.3 is 10.1 Å². The van der Waals surface area contributed by atoms with Crippen molar-refractivity contribution in [2.24, 2.45) is 0 Å². The summed E-state index contributed by atoms with van der Waals surface area (Å²) < 4.78 is 5.95. The summed E-state index contributed by atoms with van der Waals surface area (Å²) in [6, 6.07) is 0.673. The molecule has 2 heteroatoms. The molecule has 2 nitrogen and oxygen atoms in total. The molecule has 0 spiro atoms. The van der Waals surface area contributed by atoms with Crippen LogP contribution in [0.4, 0.5) is 0 Å². The van der Waals surface area contributed by atoms with Crippen LogP contribution in [0.2, 0.25) is 0 Å². The molecule has 0 aromatic heterocycles. The number of hydrogen-bond acceptors (Lipinski definition) is 2. The van der Waals surface area contributed by atoms with Gasteiger partial charge in [0.2, 0.25) is 0 Å². The molecular formula is C18H37NO. The summed E-state index contributed by atoms with van der Waals surface area (Å²) >= 11 is 0. The molecule has 120 valence electrons. The van der Waals surface area contributed by atoms with Crippen LogP contribution >= 0.6 is 0 Å². The van der Waals surface area contributed by atoms with Crippen LogP contribution in [-0.4, -0.2) is 25.3 Å². The molecule has 0 aliphatic heterocycles. The van der Waals surface area contributed by atoms with Gasteiger partial charge in [-0.3, -0.25) is 0 Å². The van der Waals surface area contributed by atoms with Crippen LogP contribution in [0.15, 0.2) is 0 Å². The zero-order valence-corrected chi connectivity index (χ0v) is 14.0. The number of unbranched alkanes of at least 4 members (excludes halogenated alkanes) is 4. The molecule has 1 unspecified atom stereocenters. The maximum atomic E-state index is 5.95. The molecule has 20 heavy (non-hydrogen) atoms. The first-order valence-corrected chi connectivity index (χ1v) is 9.18. The van der Waals surface area contributed by atoms with Crippen LogP contribution in [0.25, 0.3) is 0 Å². The minimum absolute atomic E-state index is 0.569. The second-order valence-electron chi connectivity index (χ2n) is 6.54. The lowest BCUT2D eigenvalue weighted by Gasteiger charge is -2.22. The van der Waals surface area contributed by atoms with Gasteiger partial charge in [0.25, 0.3) is 0 Å². The third kappa shape index (κ3) is 9.77. The van der Waals surface area contributed by atoms with Gasteiger partial charge >= 0.3 is 0 Å². The number of rotatable bonds is 12. The van der Waals surface area contributed by atoms with Crippen molar-refractivity contribution in [3.8, 4) is 0 Å². The first kappa shape index (κ1) is 18.0. The van der Waals surface area contributed by atoms with Gasteiger partial charge in [0.15, 0.2) is 0 Å². The Morgan fingerprint density at radius 1 is 1.00 bits per heavy atom. The quantitative estimate of drug-likeness (QED) is 0.505. The van der Waals surface area contributed by atoms with Crippen LogP contribution in [0.1, 0.15) is 90.9 Å². The lowest BCUT2D eigenvalue weighted by molar-refractivity contribution is 0.0271. The van der Waals surface area contributed by atoms with Crippen molar-refractivity contribution in [1.29, 1.82) is 0 Å². The highest BCUT2D eigenvalue weighted by Gasteiger charge is 2.12. The Hall–Kier alpha value is -0.0800. The number of nitrogens with one attached hydrogen (secondary N) is 1. The minimum Gasteiger partial charge on any atom is -0.378 e. The summed E-state index contributed by atoms with van der Waals surface area (Å²) in [5.41, 5.74) is 0. The maximum Gasteiger partial charge on any atom is 0.0575 e. The monoisotopic (exact) mass is 283 g/mol. The molecule has 1 N–H and O–H groups in total. The first-order valence-electron chi connectivity index (χ1n) is 9.18. The van der Waals surface area contributed by atoms with E-state index in [0.29, 0.717) is 12.1 Å². The third-order valence-corrected chi connectivity index (χ3v) is 4.46. The van der Waals surface area contributed by atoms with Gasteiger partial charge in [-0.1, -0.05) is 58.3 Å². The van der Waals surface area contributed by atoms with E-state index in [1.165, 1.54) is 70.6 Å². The minimum atomic E-state index is 0.569. The molecule has 0 radical (unpaired) electrons. The van der Waals surface area contributed by atoms with Crippen molar-refractivity contribution in [2.75, 3.05) is 13.2 Å². The average molecular weight is 284 g/mol. The molecule has 1 fully saturated rings. The van der Waals surface area contributed by atoms with Gasteiger partial charge in [0, 0.05) is 12.6 Å². The van der Waals surface area contributed by atoms with E-state index in [1.807, 2.05) is 0 Å². The standard InChI is InChI=1S/C18H37NO/c1-3-4-5-6-8-12-17(2)19-15-11-16-20-18-13-9-7-10-14-18/h17-19H,3-16H2,1-2H3. The third-order valence-electron chi connectivity index (χ3n) is 4.46. The second kappa shape index (κ2) is 12.6. The normalized spacial score (nSPS) is 18.3. The molecule has 1 saturated carbocycles. The molecule has 1 rings (SSSR count). The van der Waals surface area contributed by atoms with E-state index in [-0.39, 0.29) is 0 Å². The molecule has 0 bridgehead atoms. The van der Waals surface area contributed by atoms with Gasteiger partial charge in [0.05, 0.1) is 6.10 Å². The highest BCUT2D eigenvalue weighted by molar-refractivity contribution is 4.65. The zero-order valence-electron chi connectivity index (χ0n) is 14.0. The summed E-state index contributed by atoms with van der Waals surface area (Å²) in [5.74, 6) is 0. The van der Waals surface area contributed by atoms with E-state index in [0.717, 1.165) is 19.6 Å². The summed E-state index contributed by atoms with van der Waals surface area (Å²) in [7, 11) is 0. The Balaban J connectivity index is 1.82. The van der Waals surface area contributed by atoms with E-state index in [2.05, 4.69) is 19.2 Å². The van der Waals surface area contributed by atoms with E-state index in [1.54, 1.807) is 0 Å². The maximum absolute atomic E-state index is 5.95. The van der Waals surface area contributed by atoms with E-state index in [4.69, 9.17) is 4.74 Å².